The normalized spacial score (nSPS) is 25.9. The Morgan fingerprint density at radius 1 is 0.838 bits per heavy atom. The number of methoxy groups -OCH3 is 1. The number of allylic oxidation sites excluding steroid dienone is 1. The Morgan fingerprint density at radius 3 is 2.22 bits per heavy atom. The third-order valence-electron chi connectivity index (χ3n) is 8.89. The molecule has 0 spiro atoms. The van der Waals surface area contributed by atoms with E-state index in [9.17, 15) is 4.79 Å². The number of rotatable bonds is 9. The summed E-state index contributed by atoms with van der Waals surface area (Å²) in [6.07, 6.45) is 12.0. The molecule has 7 rings (SSSR count). The maximum absolute atomic E-state index is 13.4. The third kappa shape index (κ3) is 5.09. The summed E-state index contributed by atoms with van der Waals surface area (Å²) >= 11 is 0. The van der Waals surface area contributed by atoms with E-state index in [2.05, 4.69) is 42.5 Å². The first-order valence-corrected chi connectivity index (χ1v) is 13.7. The van der Waals surface area contributed by atoms with Crippen LogP contribution in [0.3, 0.4) is 0 Å². The zero-order valence-electron chi connectivity index (χ0n) is 21.7. The Hall–Kier alpha value is -3.33. The lowest BCUT2D eigenvalue weighted by atomic mass is 9.48. The number of ketones is 1. The molecule has 37 heavy (non-hydrogen) atoms. The van der Waals surface area contributed by atoms with Gasteiger partial charge in [0.25, 0.3) is 0 Å². The van der Waals surface area contributed by atoms with Crippen LogP contribution in [0.15, 0.2) is 78.9 Å². The van der Waals surface area contributed by atoms with Gasteiger partial charge in [-0.3, -0.25) is 4.79 Å². The number of carbonyl (C=O) groups excluding carboxylic acids is 1. The standard InChI is InChI=1S/C34H36O3/c1-36-31-13-11-25(12-14-33(35)34-20-26-15-27(21-34)17-28(16-26)22-34)19-30(31)23-37-32-10-6-5-9-29(32)18-24-7-3-2-4-8-24/h2-14,19,26-28H,15-18,20-23H2,1H3/b14-12+. The van der Waals surface area contributed by atoms with Crippen LogP contribution in [-0.2, 0) is 17.8 Å². The van der Waals surface area contributed by atoms with Crippen LogP contribution in [0, 0.1) is 23.2 Å². The smallest absolute Gasteiger partial charge is 0.161 e. The Bertz CT molecular complexity index is 1250. The van der Waals surface area contributed by atoms with Crippen molar-refractivity contribution in [2.75, 3.05) is 7.11 Å². The first kappa shape index (κ1) is 24.0. The van der Waals surface area contributed by atoms with Gasteiger partial charge in [0.05, 0.1) is 7.11 Å². The van der Waals surface area contributed by atoms with Crippen LogP contribution < -0.4 is 9.47 Å². The minimum absolute atomic E-state index is 0.0911. The van der Waals surface area contributed by atoms with Gasteiger partial charge in [0, 0.05) is 17.4 Å². The molecule has 0 N–H and O–H groups in total. The van der Waals surface area contributed by atoms with E-state index >= 15 is 0 Å². The van der Waals surface area contributed by atoms with Gasteiger partial charge in [-0.05, 0) is 97.2 Å². The Morgan fingerprint density at radius 2 is 1.51 bits per heavy atom. The topological polar surface area (TPSA) is 35.5 Å². The predicted molar refractivity (Wildman–Crippen MR) is 148 cm³/mol. The number of hydrogen-bond acceptors (Lipinski definition) is 3. The Kier molecular flexibility index (Phi) is 6.63. The summed E-state index contributed by atoms with van der Waals surface area (Å²) < 4.78 is 11.9. The maximum Gasteiger partial charge on any atom is 0.161 e. The van der Waals surface area contributed by atoms with Crippen molar-refractivity contribution in [3.8, 4) is 11.5 Å². The highest BCUT2D eigenvalue weighted by Gasteiger charge is 2.53. The number of ether oxygens (including phenoxy) is 2. The van der Waals surface area contributed by atoms with Gasteiger partial charge in [-0.25, -0.2) is 0 Å². The molecule has 4 aliphatic rings. The third-order valence-corrected chi connectivity index (χ3v) is 8.89. The predicted octanol–water partition coefficient (Wildman–Crippen LogP) is 7.66. The minimum Gasteiger partial charge on any atom is -0.496 e. The van der Waals surface area contributed by atoms with Crippen LogP contribution in [0.2, 0.25) is 0 Å². The van der Waals surface area contributed by atoms with Gasteiger partial charge in [-0.15, -0.1) is 0 Å². The highest BCUT2D eigenvalue weighted by atomic mass is 16.5. The lowest BCUT2D eigenvalue weighted by Crippen LogP contribution is -2.49. The summed E-state index contributed by atoms with van der Waals surface area (Å²) in [6.45, 7) is 0.402. The molecule has 0 radical (unpaired) electrons. The molecule has 4 bridgehead atoms. The SMILES string of the molecule is COc1ccc(/C=C/C(=O)C23CC4CC(CC(C4)C2)C3)cc1COc1ccccc1Cc1ccccc1. The zero-order chi connectivity index (χ0) is 25.2. The molecule has 0 aliphatic heterocycles. The van der Waals surface area contributed by atoms with Gasteiger partial charge in [0.2, 0.25) is 0 Å². The van der Waals surface area contributed by atoms with Crippen molar-refractivity contribution in [2.45, 2.75) is 51.6 Å². The largest absolute Gasteiger partial charge is 0.496 e. The highest BCUT2D eigenvalue weighted by Crippen LogP contribution is 2.60. The van der Waals surface area contributed by atoms with Crippen molar-refractivity contribution >= 4 is 11.9 Å². The van der Waals surface area contributed by atoms with E-state index in [1.807, 2.05) is 42.5 Å². The fourth-order valence-corrected chi connectivity index (χ4v) is 7.54. The van der Waals surface area contributed by atoms with Crippen molar-refractivity contribution in [3.63, 3.8) is 0 Å². The van der Waals surface area contributed by atoms with Crippen molar-refractivity contribution < 1.29 is 14.3 Å². The van der Waals surface area contributed by atoms with Gasteiger partial charge in [0.1, 0.15) is 18.1 Å². The van der Waals surface area contributed by atoms with E-state index < -0.39 is 0 Å². The van der Waals surface area contributed by atoms with Crippen LogP contribution in [0.5, 0.6) is 11.5 Å². The van der Waals surface area contributed by atoms with Crippen LogP contribution in [0.4, 0.5) is 0 Å². The fourth-order valence-electron chi connectivity index (χ4n) is 7.54. The van der Waals surface area contributed by atoms with E-state index in [0.717, 1.165) is 71.6 Å². The summed E-state index contributed by atoms with van der Waals surface area (Å²) in [7, 11) is 1.69. The van der Waals surface area contributed by atoms with Gasteiger partial charge in [-0.1, -0.05) is 60.7 Å². The maximum atomic E-state index is 13.4. The van der Waals surface area contributed by atoms with Gasteiger partial charge in [0.15, 0.2) is 5.78 Å². The Balaban J connectivity index is 1.16. The highest BCUT2D eigenvalue weighted by molar-refractivity contribution is 5.98. The monoisotopic (exact) mass is 492 g/mol. The Labute approximate surface area is 220 Å². The molecule has 4 fully saturated rings. The second-order valence-electron chi connectivity index (χ2n) is 11.5. The van der Waals surface area contributed by atoms with E-state index in [1.54, 1.807) is 7.11 Å². The van der Waals surface area contributed by atoms with Crippen molar-refractivity contribution in [1.29, 1.82) is 0 Å². The number of carbonyl (C=O) groups is 1. The van der Waals surface area contributed by atoms with Crippen LogP contribution in [0.25, 0.3) is 6.08 Å². The number of hydrogen-bond donors (Lipinski definition) is 0. The van der Waals surface area contributed by atoms with E-state index in [0.29, 0.717) is 12.4 Å². The molecule has 0 amide bonds. The summed E-state index contributed by atoms with van der Waals surface area (Å²) in [5, 5.41) is 0. The molecular formula is C34H36O3. The van der Waals surface area contributed by atoms with Gasteiger partial charge in [-0.2, -0.15) is 0 Å². The molecule has 0 unspecified atom stereocenters. The first-order chi connectivity index (χ1) is 18.1. The molecular weight excluding hydrogens is 456 g/mol. The second-order valence-corrected chi connectivity index (χ2v) is 11.5. The summed E-state index contributed by atoms with van der Waals surface area (Å²) in [4.78, 5) is 13.4. The van der Waals surface area contributed by atoms with Crippen LogP contribution in [0.1, 0.15) is 60.8 Å². The molecule has 0 atom stereocenters. The van der Waals surface area contributed by atoms with Crippen molar-refractivity contribution in [2.24, 2.45) is 23.2 Å². The van der Waals surface area contributed by atoms with Crippen LogP contribution in [-0.4, -0.2) is 12.9 Å². The first-order valence-electron chi connectivity index (χ1n) is 13.7. The zero-order valence-corrected chi connectivity index (χ0v) is 21.7. The van der Waals surface area contributed by atoms with Crippen molar-refractivity contribution in [3.05, 3.63) is 101 Å². The van der Waals surface area contributed by atoms with E-state index in [4.69, 9.17) is 9.47 Å². The minimum atomic E-state index is -0.0911. The molecule has 3 heteroatoms. The number of benzene rings is 3. The molecule has 3 aromatic rings. The second kappa shape index (κ2) is 10.2. The average Bonchev–Trinajstić information content (AvgIpc) is 2.91. The number of para-hydroxylation sites is 1. The molecule has 4 aliphatic carbocycles. The lowest BCUT2D eigenvalue weighted by Gasteiger charge is -2.55. The summed E-state index contributed by atoms with van der Waals surface area (Å²) in [6, 6.07) is 24.7. The molecule has 3 nitrogen and oxygen atoms in total. The van der Waals surface area contributed by atoms with Crippen molar-refractivity contribution in [1.82, 2.24) is 0 Å². The molecule has 3 aromatic carbocycles. The quantitative estimate of drug-likeness (QED) is 0.288. The fraction of sp³-hybridized carbons (Fsp3) is 0.382. The molecule has 190 valence electrons. The van der Waals surface area contributed by atoms with E-state index in [-0.39, 0.29) is 5.41 Å². The van der Waals surface area contributed by atoms with Crippen LogP contribution >= 0.6 is 0 Å². The lowest BCUT2D eigenvalue weighted by molar-refractivity contribution is -0.138. The molecule has 4 saturated carbocycles. The van der Waals surface area contributed by atoms with Gasteiger partial charge < -0.3 is 9.47 Å². The van der Waals surface area contributed by atoms with Gasteiger partial charge >= 0.3 is 0 Å². The van der Waals surface area contributed by atoms with E-state index in [1.165, 1.54) is 24.8 Å². The average molecular weight is 493 g/mol. The molecule has 0 heterocycles. The summed E-state index contributed by atoms with van der Waals surface area (Å²) in [5.74, 6) is 4.35. The molecule has 0 aromatic heterocycles. The molecule has 0 saturated heterocycles. The summed E-state index contributed by atoms with van der Waals surface area (Å²) in [5.41, 5.74) is 4.31.